The zero-order valence-electron chi connectivity index (χ0n) is 27.4. The number of ether oxygens (including phenoxy) is 9. The molecule has 4 rings (SSSR count). The monoisotopic (exact) mass is 698 g/mol. The average molecular weight is 699 g/mol. The van der Waals surface area contributed by atoms with Crippen LogP contribution in [0.5, 0.6) is 34.5 Å². The second-order valence-electron chi connectivity index (χ2n) is 11.1. The Hall–Kier alpha value is -3.91. The average Bonchev–Trinajstić information content (AvgIpc) is 3.11. The molecule has 7 N–H and O–H groups in total. The van der Waals surface area contributed by atoms with Crippen LogP contribution in [0.25, 0.3) is 6.08 Å². The van der Waals surface area contributed by atoms with Crippen molar-refractivity contribution in [3.63, 3.8) is 0 Å². The van der Waals surface area contributed by atoms with Gasteiger partial charge in [-0.1, -0.05) is 12.2 Å². The Bertz CT molecular complexity index is 1400. The zero-order chi connectivity index (χ0) is 36.0. The number of carbonyl (C=O) groups excluding carboxylic acids is 1. The van der Waals surface area contributed by atoms with Crippen LogP contribution < -0.4 is 28.4 Å². The summed E-state index contributed by atoms with van der Waals surface area (Å²) in [6.07, 6.45) is -11.9. The molecule has 0 saturated carbocycles. The van der Waals surface area contributed by atoms with E-state index >= 15 is 0 Å². The minimum atomic E-state index is -1.78. The first-order valence-electron chi connectivity index (χ1n) is 15.1. The molecule has 0 spiro atoms. The molecule has 272 valence electrons. The first-order valence-corrected chi connectivity index (χ1v) is 15.1. The molecule has 17 heteroatoms. The van der Waals surface area contributed by atoms with Gasteiger partial charge in [-0.2, -0.15) is 0 Å². The minimum absolute atomic E-state index is 0.00215. The third-order valence-electron chi connectivity index (χ3n) is 7.92. The van der Waals surface area contributed by atoms with Gasteiger partial charge in [0.25, 0.3) is 0 Å². The molecule has 17 nitrogen and oxygen atoms in total. The molecule has 0 amide bonds. The van der Waals surface area contributed by atoms with Crippen LogP contribution in [0.2, 0.25) is 0 Å². The molecule has 2 saturated heterocycles. The molecule has 0 bridgehead atoms. The highest BCUT2D eigenvalue weighted by molar-refractivity contribution is 5.91. The number of esters is 1. The van der Waals surface area contributed by atoms with E-state index in [-0.39, 0.29) is 46.7 Å². The largest absolute Gasteiger partial charge is 0.493 e. The number of benzene rings is 2. The van der Waals surface area contributed by atoms with E-state index in [0.717, 1.165) is 0 Å². The lowest BCUT2D eigenvalue weighted by molar-refractivity contribution is -0.277. The van der Waals surface area contributed by atoms with E-state index in [9.17, 15) is 35.4 Å². The Balaban J connectivity index is 1.50. The number of hydrogen-bond acceptors (Lipinski definition) is 17. The predicted octanol–water partition coefficient (Wildman–Crippen LogP) is -1.02. The van der Waals surface area contributed by atoms with Crippen molar-refractivity contribution in [2.75, 3.05) is 41.7 Å². The van der Waals surface area contributed by atoms with Crippen LogP contribution in [-0.4, -0.2) is 145 Å². The van der Waals surface area contributed by atoms with Crippen LogP contribution in [0.1, 0.15) is 22.8 Å². The Labute approximate surface area is 281 Å². The lowest BCUT2D eigenvalue weighted by Gasteiger charge is -2.40. The van der Waals surface area contributed by atoms with Gasteiger partial charge in [-0.05, 0) is 36.8 Å². The molecule has 2 fully saturated rings. The normalized spacial score (nSPS) is 30.0. The lowest BCUT2D eigenvalue weighted by Crippen LogP contribution is -2.60. The van der Waals surface area contributed by atoms with Crippen molar-refractivity contribution in [2.45, 2.75) is 68.3 Å². The summed E-state index contributed by atoms with van der Waals surface area (Å²) in [4.78, 5) is 13.2. The van der Waals surface area contributed by atoms with Crippen molar-refractivity contribution in [3.05, 3.63) is 41.5 Å². The van der Waals surface area contributed by atoms with Crippen molar-refractivity contribution >= 4 is 12.0 Å². The van der Waals surface area contributed by atoms with E-state index < -0.39 is 74.0 Å². The zero-order valence-corrected chi connectivity index (χ0v) is 27.4. The SMILES string of the molecule is COc1cc(C(=O)OCC2OC(Oc3c(OC)cc(C=CCO)cc3OC)C(O)C(O)C2O)cc(OC)c1OC1OC(C)C(O)C(O)C1O. The van der Waals surface area contributed by atoms with Crippen LogP contribution in [-0.2, 0) is 14.2 Å². The number of rotatable bonds is 13. The first-order chi connectivity index (χ1) is 23.4. The van der Waals surface area contributed by atoms with E-state index in [1.165, 1.54) is 53.6 Å². The molecule has 0 aromatic heterocycles. The summed E-state index contributed by atoms with van der Waals surface area (Å²) >= 11 is 0. The van der Waals surface area contributed by atoms with Crippen LogP contribution in [0.3, 0.4) is 0 Å². The maximum absolute atomic E-state index is 13.2. The molecule has 10 unspecified atom stereocenters. The van der Waals surface area contributed by atoms with Gasteiger partial charge in [-0.25, -0.2) is 4.79 Å². The highest BCUT2D eigenvalue weighted by Crippen LogP contribution is 2.42. The summed E-state index contributed by atoms with van der Waals surface area (Å²) in [5, 5.41) is 71.6. The van der Waals surface area contributed by atoms with Crippen LogP contribution >= 0.6 is 0 Å². The quantitative estimate of drug-likeness (QED) is 0.124. The van der Waals surface area contributed by atoms with Gasteiger partial charge in [0.15, 0.2) is 23.0 Å². The summed E-state index contributed by atoms with van der Waals surface area (Å²) in [6.45, 7) is 0.678. The Morgan fingerprint density at radius 2 is 1.16 bits per heavy atom. The number of aliphatic hydroxyl groups is 7. The number of methoxy groups -OCH3 is 4. The van der Waals surface area contributed by atoms with Crippen molar-refractivity contribution in [1.82, 2.24) is 0 Å². The van der Waals surface area contributed by atoms with E-state index in [1.807, 2.05) is 0 Å². The smallest absolute Gasteiger partial charge is 0.338 e. The van der Waals surface area contributed by atoms with Crippen LogP contribution in [0.15, 0.2) is 30.3 Å². The molecular weight excluding hydrogens is 656 g/mol. The highest BCUT2D eigenvalue weighted by atomic mass is 16.7. The molecule has 2 aliphatic rings. The van der Waals surface area contributed by atoms with Gasteiger partial charge in [0.05, 0.1) is 46.7 Å². The molecule has 2 aromatic rings. The van der Waals surface area contributed by atoms with Crippen molar-refractivity contribution in [3.8, 4) is 34.5 Å². The summed E-state index contributed by atoms with van der Waals surface area (Å²) < 4.78 is 49.8. The van der Waals surface area contributed by atoms with E-state index in [0.29, 0.717) is 5.56 Å². The van der Waals surface area contributed by atoms with Gasteiger partial charge >= 0.3 is 5.97 Å². The van der Waals surface area contributed by atoms with Gasteiger partial charge in [0.2, 0.25) is 24.1 Å². The van der Waals surface area contributed by atoms with Crippen molar-refractivity contribution in [1.29, 1.82) is 0 Å². The van der Waals surface area contributed by atoms with Crippen molar-refractivity contribution in [2.24, 2.45) is 0 Å². The minimum Gasteiger partial charge on any atom is -0.493 e. The molecule has 2 aromatic carbocycles. The Morgan fingerprint density at radius 1 is 0.694 bits per heavy atom. The van der Waals surface area contributed by atoms with Gasteiger partial charge in [-0.3, -0.25) is 0 Å². The molecule has 2 heterocycles. The number of hydrogen-bond donors (Lipinski definition) is 7. The molecule has 49 heavy (non-hydrogen) atoms. The van der Waals surface area contributed by atoms with Gasteiger partial charge < -0.3 is 78.4 Å². The first kappa shape index (κ1) is 37.9. The summed E-state index contributed by atoms with van der Waals surface area (Å²) in [7, 11) is 5.29. The highest BCUT2D eigenvalue weighted by Gasteiger charge is 2.46. The van der Waals surface area contributed by atoms with Gasteiger partial charge in [0, 0.05) is 0 Å². The summed E-state index contributed by atoms with van der Waals surface area (Å²) in [5.41, 5.74) is 0.500. The third kappa shape index (κ3) is 8.29. The fourth-order valence-electron chi connectivity index (χ4n) is 5.15. The maximum atomic E-state index is 13.2. The fourth-order valence-corrected chi connectivity index (χ4v) is 5.15. The van der Waals surface area contributed by atoms with Crippen LogP contribution in [0, 0.1) is 0 Å². The summed E-state index contributed by atoms with van der Waals surface area (Å²) in [5.74, 6) is -0.781. The molecule has 10 atom stereocenters. The standard InChI is InChI=1S/C32H42O17/c1-14-22(34)24(36)26(38)31(46-14)48-29-19(43-4)11-16(12-20(29)44-5)30(40)45-13-21-23(35)25(37)27(39)32(47-21)49-28-17(41-2)9-15(7-6-8-33)10-18(28)42-3/h6-7,9-12,14,21-27,31-39H,8,13H2,1-5H3. The van der Waals surface area contributed by atoms with Gasteiger partial charge in [-0.15, -0.1) is 0 Å². The van der Waals surface area contributed by atoms with Crippen LogP contribution in [0.4, 0.5) is 0 Å². The van der Waals surface area contributed by atoms with Crippen molar-refractivity contribution < 1.29 is 83.2 Å². The third-order valence-corrected chi connectivity index (χ3v) is 7.92. The molecule has 0 radical (unpaired) electrons. The fraction of sp³-hybridized carbons (Fsp3) is 0.531. The Kier molecular flexibility index (Phi) is 12.9. The van der Waals surface area contributed by atoms with E-state index in [1.54, 1.807) is 18.2 Å². The van der Waals surface area contributed by atoms with Gasteiger partial charge in [0.1, 0.15) is 49.3 Å². The molecular formula is C32H42O17. The Morgan fingerprint density at radius 3 is 1.65 bits per heavy atom. The topological polar surface area (TPSA) is 242 Å². The second-order valence-corrected chi connectivity index (χ2v) is 11.1. The second kappa shape index (κ2) is 16.7. The van der Waals surface area contributed by atoms with E-state index in [2.05, 4.69) is 0 Å². The molecule has 2 aliphatic heterocycles. The lowest BCUT2D eigenvalue weighted by atomic mass is 9.99. The number of aliphatic hydroxyl groups excluding tert-OH is 7. The number of carbonyl (C=O) groups is 1. The predicted molar refractivity (Wildman–Crippen MR) is 166 cm³/mol. The summed E-state index contributed by atoms with van der Waals surface area (Å²) in [6, 6.07) is 5.62. The maximum Gasteiger partial charge on any atom is 0.338 e. The molecule has 0 aliphatic carbocycles. The van der Waals surface area contributed by atoms with E-state index in [4.69, 9.17) is 47.7 Å².